The van der Waals surface area contributed by atoms with Gasteiger partial charge in [-0.2, -0.15) is 13.2 Å². The number of halogens is 5. The van der Waals surface area contributed by atoms with Crippen molar-refractivity contribution < 1.29 is 36.0 Å². The topological polar surface area (TPSA) is 97.3 Å². The predicted octanol–water partition coefficient (Wildman–Crippen LogP) is 6.70. The number of carbonyl (C=O) groups excluding carboxylic acids is 1. The maximum absolute atomic E-state index is 13.9. The molecule has 1 aliphatic heterocycles. The van der Waals surface area contributed by atoms with Crippen molar-refractivity contribution in [2.75, 3.05) is 30.7 Å². The summed E-state index contributed by atoms with van der Waals surface area (Å²) in [6, 6.07) is 4.49. The van der Waals surface area contributed by atoms with Crippen LogP contribution in [0.25, 0.3) is 10.9 Å². The van der Waals surface area contributed by atoms with Crippen LogP contribution in [0.15, 0.2) is 30.5 Å². The Morgan fingerprint density at radius 2 is 1.78 bits per heavy atom. The molecule has 1 amide bonds. The van der Waals surface area contributed by atoms with Crippen molar-refractivity contribution >= 4 is 35.4 Å². The molecule has 1 N–H and O–H groups in total. The van der Waals surface area contributed by atoms with Crippen molar-refractivity contribution in [2.45, 2.75) is 58.9 Å². The highest BCUT2D eigenvalue weighted by Gasteiger charge is 2.36. The summed E-state index contributed by atoms with van der Waals surface area (Å²) in [6.45, 7) is 8.56. The van der Waals surface area contributed by atoms with Crippen molar-refractivity contribution in [1.82, 2.24) is 19.9 Å². The quantitative estimate of drug-likeness (QED) is 0.258. The largest absolute Gasteiger partial charge is 0.444 e. The van der Waals surface area contributed by atoms with Gasteiger partial charge in [-0.05, 0) is 57.9 Å². The summed E-state index contributed by atoms with van der Waals surface area (Å²) in [7, 11) is -3.09. The van der Waals surface area contributed by atoms with Crippen LogP contribution in [-0.4, -0.2) is 57.0 Å². The number of pyridine rings is 1. The van der Waals surface area contributed by atoms with Gasteiger partial charge in [0, 0.05) is 30.8 Å². The molecule has 1 aromatic carbocycles. The second-order valence-corrected chi connectivity index (χ2v) is 14.1. The fourth-order valence-electron chi connectivity index (χ4n) is 4.71. The van der Waals surface area contributed by atoms with Crippen LogP contribution < -0.4 is 10.8 Å². The first kappa shape index (κ1) is 30.6. The van der Waals surface area contributed by atoms with Gasteiger partial charge in [0.15, 0.2) is 5.82 Å². The van der Waals surface area contributed by atoms with Crippen LogP contribution in [-0.2, 0) is 15.5 Å². The van der Waals surface area contributed by atoms with E-state index in [0.717, 1.165) is 6.07 Å². The molecule has 1 fully saturated rings. The first-order valence-electron chi connectivity index (χ1n) is 12.9. The van der Waals surface area contributed by atoms with Gasteiger partial charge >= 0.3 is 12.3 Å². The highest BCUT2D eigenvalue weighted by atomic mass is 31.2. The molecule has 0 radical (unpaired) electrons. The lowest BCUT2D eigenvalue weighted by atomic mass is 9.97. The zero-order chi connectivity index (χ0) is 30.3. The Morgan fingerprint density at radius 1 is 1.12 bits per heavy atom. The van der Waals surface area contributed by atoms with Crippen molar-refractivity contribution in [3.63, 3.8) is 0 Å². The van der Waals surface area contributed by atoms with Crippen molar-refractivity contribution in [3.05, 3.63) is 53.0 Å². The summed E-state index contributed by atoms with van der Waals surface area (Å²) >= 11 is 0. The molecule has 0 bridgehead atoms. The molecule has 1 aliphatic rings. The van der Waals surface area contributed by atoms with E-state index in [0.29, 0.717) is 5.56 Å². The number of amides is 1. The van der Waals surface area contributed by atoms with Gasteiger partial charge in [-0.25, -0.2) is 23.5 Å². The van der Waals surface area contributed by atoms with Crippen LogP contribution in [0.2, 0.25) is 0 Å². The summed E-state index contributed by atoms with van der Waals surface area (Å²) in [5.41, 5.74) is -0.881. The number of nitrogens with one attached hydrogen (secondary N) is 1. The van der Waals surface area contributed by atoms with E-state index in [1.54, 1.807) is 27.7 Å². The first-order valence-corrected chi connectivity index (χ1v) is 15.0. The van der Waals surface area contributed by atoms with Crippen LogP contribution in [0.1, 0.15) is 62.7 Å². The number of hydrogen-bond acceptors (Lipinski definition) is 7. The summed E-state index contributed by atoms with van der Waals surface area (Å²) in [5, 5.41) is 3.21. The predicted molar refractivity (Wildman–Crippen MR) is 145 cm³/mol. The lowest BCUT2D eigenvalue weighted by Gasteiger charge is -2.33. The summed E-state index contributed by atoms with van der Waals surface area (Å²) in [6.07, 6.45) is -6.55. The van der Waals surface area contributed by atoms with Gasteiger partial charge in [0.1, 0.15) is 24.0 Å². The number of anilines is 1. The van der Waals surface area contributed by atoms with Gasteiger partial charge in [0.25, 0.3) is 6.43 Å². The minimum Gasteiger partial charge on any atom is -0.444 e. The maximum Gasteiger partial charge on any atom is 0.416 e. The molecule has 0 saturated carbocycles. The number of fused-ring (bicyclic) bond motifs is 1. The number of carbonyl (C=O) groups is 1. The second kappa shape index (κ2) is 11.2. The molecule has 14 heteroatoms. The van der Waals surface area contributed by atoms with Crippen LogP contribution >= 0.6 is 7.14 Å². The second-order valence-electron chi connectivity index (χ2n) is 11.0. The molecule has 1 saturated heterocycles. The minimum atomic E-state index is -4.56. The van der Waals surface area contributed by atoms with Gasteiger partial charge in [-0.3, -0.25) is 4.98 Å². The molecule has 0 unspecified atom stereocenters. The zero-order valence-corrected chi connectivity index (χ0v) is 24.1. The van der Waals surface area contributed by atoms with Crippen molar-refractivity contribution in [3.8, 4) is 0 Å². The third kappa shape index (κ3) is 6.77. The van der Waals surface area contributed by atoms with Crippen LogP contribution in [0, 0.1) is 6.92 Å². The molecule has 1 atom stereocenters. The fourth-order valence-corrected chi connectivity index (χ4v) is 7.15. The standard InChI is InChI=1S/C27H31F5N5O3P/c1-15-17(7-6-8-19(15)27(30,31)32)16(2)34-23-18-13-21(33-14-20(18)35-24(36-23)22(28)29)41(39)11-9-37(10-12-41)25(38)40-26(3,4)5/h6-8,13-14,16,22H,9-12H2,1-5H3,(H,34,35,36)/t16-/m1/s1. The van der Waals surface area contributed by atoms with E-state index in [2.05, 4.69) is 20.3 Å². The normalized spacial score (nSPS) is 16.6. The monoisotopic (exact) mass is 599 g/mol. The average molecular weight is 600 g/mol. The van der Waals surface area contributed by atoms with E-state index in [9.17, 15) is 31.3 Å². The van der Waals surface area contributed by atoms with E-state index < -0.39 is 48.9 Å². The number of rotatable bonds is 5. The number of nitrogens with zero attached hydrogens (tertiary/aromatic N) is 4. The Balaban J connectivity index is 1.67. The van der Waals surface area contributed by atoms with Crippen molar-refractivity contribution in [2.24, 2.45) is 0 Å². The lowest BCUT2D eigenvalue weighted by molar-refractivity contribution is -0.138. The van der Waals surface area contributed by atoms with Gasteiger partial charge in [-0.1, -0.05) is 12.1 Å². The van der Waals surface area contributed by atoms with E-state index in [1.165, 1.54) is 36.2 Å². The Morgan fingerprint density at radius 3 is 2.37 bits per heavy atom. The number of benzene rings is 1. The number of alkyl halides is 5. The Hall–Kier alpha value is -3.34. The smallest absolute Gasteiger partial charge is 0.416 e. The molecule has 8 nitrogen and oxygen atoms in total. The first-order chi connectivity index (χ1) is 19.0. The van der Waals surface area contributed by atoms with Gasteiger partial charge in [0.05, 0.1) is 23.3 Å². The Kier molecular flexibility index (Phi) is 8.33. The minimum absolute atomic E-state index is 0.00372. The fraction of sp³-hybridized carbons (Fsp3) is 0.481. The number of hydrogen-bond donors (Lipinski definition) is 1. The number of ether oxygens (including phenoxy) is 1. The zero-order valence-electron chi connectivity index (χ0n) is 23.2. The molecular weight excluding hydrogens is 568 g/mol. The van der Waals surface area contributed by atoms with Crippen LogP contribution in [0.5, 0.6) is 0 Å². The number of aromatic nitrogens is 3. The molecule has 222 valence electrons. The summed E-state index contributed by atoms with van der Waals surface area (Å²) in [5.74, 6) is -0.822. The average Bonchev–Trinajstić information content (AvgIpc) is 2.87. The third-order valence-electron chi connectivity index (χ3n) is 6.81. The van der Waals surface area contributed by atoms with E-state index in [4.69, 9.17) is 4.74 Å². The molecule has 2 aromatic heterocycles. The molecule has 0 aliphatic carbocycles. The Bertz CT molecular complexity index is 1500. The van der Waals surface area contributed by atoms with E-state index in [1.807, 2.05) is 0 Å². The maximum atomic E-state index is 13.9. The molecule has 41 heavy (non-hydrogen) atoms. The molecule has 3 aromatic rings. The molecule has 4 rings (SSSR count). The molecule has 3 heterocycles. The third-order valence-corrected chi connectivity index (χ3v) is 9.74. The van der Waals surface area contributed by atoms with Crippen molar-refractivity contribution in [1.29, 1.82) is 0 Å². The van der Waals surface area contributed by atoms with Crippen LogP contribution in [0.3, 0.4) is 0 Å². The van der Waals surface area contributed by atoms with Gasteiger partial charge < -0.3 is 19.5 Å². The lowest BCUT2D eigenvalue weighted by Crippen LogP contribution is -2.43. The summed E-state index contributed by atoms with van der Waals surface area (Å²) < 4.78 is 87.0. The highest BCUT2D eigenvalue weighted by molar-refractivity contribution is 7.71. The van der Waals surface area contributed by atoms with E-state index >= 15 is 0 Å². The Labute approximate surface area is 234 Å². The van der Waals surface area contributed by atoms with Gasteiger partial charge in [-0.15, -0.1) is 0 Å². The van der Waals surface area contributed by atoms with Gasteiger partial charge in [0.2, 0.25) is 0 Å². The molecular formula is C27H31F5N5O3P. The SMILES string of the molecule is Cc1c([C@@H](C)Nc2nc(C(F)F)nc3cnc(P4(=O)CCN(C(=O)OC(C)(C)C)CC4)cc23)cccc1C(F)(F)F. The van der Waals surface area contributed by atoms with E-state index in [-0.39, 0.29) is 53.1 Å². The molecule has 0 spiro atoms. The highest BCUT2D eigenvalue weighted by Crippen LogP contribution is 2.46. The summed E-state index contributed by atoms with van der Waals surface area (Å²) in [4.78, 5) is 26.0. The van der Waals surface area contributed by atoms with Crippen LogP contribution in [0.4, 0.5) is 32.6 Å².